The van der Waals surface area contributed by atoms with E-state index in [4.69, 9.17) is 4.74 Å². The molecule has 1 aromatic heterocycles. The second-order valence-corrected chi connectivity index (χ2v) is 9.73. The summed E-state index contributed by atoms with van der Waals surface area (Å²) in [5.41, 5.74) is 4.78. The maximum absolute atomic E-state index is 11.7. The largest absolute Gasteiger partial charge is 0.506 e. The second-order valence-electron chi connectivity index (χ2n) is 8.74. The molecule has 1 heterocycles. The van der Waals surface area contributed by atoms with Gasteiger partial charge in [0.25, 0.3) is 0 Å². The third-order valence-corrected chi connectivity index (χ3v) is 7.15. The zero-order valence-corrected chi connectivity index (χ0v) is 23.7. The Kier molecular flexibility index (Phi) is 13.1. The van der Waals surface area contributed by atoms with Gasteiger partial charge in [0.1, 0.15) is 17.0 Å². The summed E-state index contributed by atoms with van der Waals surface area (Å²) in [5.74, 6) is 0.949. The number of H-pyrrole nitrogens is 1. The number of halogens is 2. The average molecular weight is 581 g/mol. The van der Waals surface area contributed by atoms with E-state index in [9.17, 15) is 15.0 Å². The lowest BCUT2D eigenvalue weighted by Crippen LogP contribution is -2.24. The zero-order chi connectivity index (χ0) is 25.3. The summed E-state index contributed by atoms with van der Waals surface area (Å²) in [5, 5.41) is 27.4. The van der Waals surface area contributed by atoms with Crippen LogP contribution in [0.2, 0.25) is 0 Å². The van der Waals surface area contributed by atoms with Gasteiger partial charge in [-0.2, -0.15) is 0 Å². The Bertz CT molecular complexity index is 1350. The number of aliphatic hydroxyl groups excluding tert-OH is 1. The standard InChI is InChI=1S/C28H33N3O4S.2ClH/c1-35-25-8-3-2-7-21(25)13-16-29-14-11-19-5-4-6-20(17-19)12-15-30-18-24(33)22-9-10-23(32)26-27(22)36-28(34)31-26;;/h2-10,17,24,29-30,32-33H,11-16,18H2,1H3,(H,31,34);2*1H. The summed E-state index contributed by atoms with van der Waals surface area (Å²) < 4.78 is 6.01. The Hall–Kier alpha value is -2.59. The Labute approximate surface area is 239 Å². The highest BCUT2D eigenvalue weighted by molar-refractivity contribution is 7.16. The Balaban J connectivity index is 0.00000253. The monoisotopic (exact) mass is 579 g/mol. The fourth-order valence-electron chi connectivity index (χ4n) is 4.31. The number of methoxy groups -OCH3 is 1. The number of aromatic nitrogens is 1. The van der Waals surface area contributed by atoms with Crippen molar-refractivity contribution in [2.75, 3.05) is 33.3 Å². The third-order valence-electron chi connectivity index (χ3n) is 6.22. The van der Waals surface area contributed by atoms with Gasteiger partial charge in [-0.25, -0.2) is 0 Å². The molecule has 0 fully saturated rings. The number of aromatic amines is 1. The number of phenols is 1. The normalized spacial score (nSPS) is 11.5. The Morgan fingerprint density at radius 1 is 0.921 bits per heavy atom. The molecule has 4 aromatic rings. The van der Waals surface area contributed by atoms with E-state index in [1.165, 1.54) is 22.8 Å². The molecule has 4 rings (SSSR count). The number of aliphatic hydroxyl groups is 1. The molecule has 0 spiro atoms. The average Bonchev–Trinajstić information content (AvgIpc) is 3.29. The van der Waals surface area contributed by atoms with E-state index in [1.807, 2.05) is 18.2 Å². The van der Waals surface area contributed by atoms with Gasteiger partial charge >= 0.3 is 4.87 Å². The fraction of sp³-hybridized carbons (Fsp3) is 0.321. The maximum atomic E-state index is 11.7. The van der Waals surface area contributed by atoms with Gasteiger partial charge in [0.15, 0.2) is 0 Å². The van der Waals surface area contributed by atoms with Gasteiger partial charge in [-0.05, 0) is 67.7 Å². The zero-order valence-electron chi connectivity index (χ0n) is 21.2. The van der Waals surface area contributed by atoms with Crippen molar-refractivity contribution in [2.45, 2.75) is 25.4 Å². The molecule has 1 unspecified atom stereocenters. The van der Waals surface area contributed by atoms with Crippen LogP contribution >= 0.6 is 36.2 Å². The summed E-state index contributed by atoms with van der Waals surface area (Å²) in [6.07, 6.45) is 1.97. The predicted molar refractivity (Wildman–Crippen MR) is 160 cm³/mol. The number of phenolic OH excluding ortho intramolecular Hbond substituents is 1. The lowest BCUT2D eigenvalue weighted by molar-refractivity contribution is 0.176. The summed E-state index contributed by atoms with van der Waals surface area (Å²) in [6, 6.07) is 19.9. The van der Waals surface area contributed by atoms with E-state index in [0.29, 0.717) is 22.3 Å². The van der Waals surface area contributed by atoms with Crippen molar-refractivity contribution in [3.05, 3.63) is 92.6 Å². The van der Waals surface area contributed by atoms with Crippen molar-refractivity contribution in [3.8, 4) is 11.5 Å². The third kappa shape index (κ3) is 8.46. The smallest absolute Gasteiger partial charge is 0.305 e. The van der Waals surface area contributed by atoms with Gasteiger partial charge in [-0.15, -0.1) is 24.8 Å². The molecule has 7 nitrogen and oxygen atoms in total. The second kappa shape index (κ2) is 15.7. The number of nitrogens with one attached hydrogen (secondary N) is 3. The van der Waals surface area contributed by atoms with Gasteiger partial charge in [-0.3, -0.25) is 4.79 Å². The highest BCUT2D eigenvalue weighted by Crippen LogP contribution is 2.31. The van der Waals surface area contributed by atoms with E-state index >= 15 is 0 Å². The summed E-state index contributed by atoms with van der Waals surface area (Å²) in [7, 11) is 1.71. The van der Waals surface area contributed by atoms with Crippen molar-refractivity contribution in [2.24, 2.45) is 0 Å². The van der Waals surface area contributed by atoms with Crippen LogP contribution in [0.15, 0.2) is 65.5 Å². The minimum atomic E-state index is -0.771. The SMILES string of the molecule is COc1ccccc1CCNCCc1cccc(CCNCC(O)c2ccc(O)c3[nH]c(=O)sc23)c1.Cl.Cl. The van der Waals surface area contributed by atoms with E-state index in [2.05, 4.69) is 45.9 Å². The molecule has 206 valence electrons. The van der Waals surface area contributed by atoms with Gasteiger partial charge < -0.3 is 30.6 Å². The van der Waals surface area contributed by atoms with Crippen molar-refractivity contribution < 1.29 is 14.9 Å². The van der Waals surface area contributed by atoms with Crippen LogP contribution in [0.3, 0.4) is 0 Å². The topological polar surface area (TPSA) is 107 Å². The van der Waals surface area contributed by atoms with Crippen molar-refractivity contribution in [1.29, 1.82) is 0 Å². The number of para-hydroxylation sites is 1. The highest BCUT2D eigenvalue weighted by atomic mass is 35.5. The quantitative estimate of drug-likeness (QED) is 0.150. The van der Waals surface area contributed by atoms with E-state index in [-0.39, 0.29) is 35.4 Å². The molecule has 3 aromatic carbocycles. The van der Waals surface area contributed by atoms with Gasteiger partial charge in [0, 0.05) is 12.1 Å². The molecule has 0 aliphatic heterocycles. The molecule has 0 bridgehead atoms. The van der Waals surface area contributed by atoms with Crippen LogP contribution in [0.4, 0.5) is 0 Å². The summed E-state index contributed by atoms with van der Waals surface area (Å²) in [4.78, 5) is 14.1. The fourth-order valence-corrected chi connectivity index (χ4v) is 5.23. The molecule has 5 N–H and O–H groups in total. The van der Waals surface area contributed by atoms with Gasteiger partial charge in [-0.1, -0.05) is 59.9 Å². The minimum absolute atomic E-state index is 0. The molecule has 38 heavy (non-hydrogen) atoms. The summed E-state index contributed by atoms with van der Waals surface area (Å²) >= 11 is 0.999. The van der Waals surface area contributed by atoms with Crippen LogP contribution in [-0.2, 0) is 19.3 Å². The molecule has 0 amide bonds. The molecule has 1 atom stereocenters. The molecule has 0 aliphatic rings. The maximum Gasteiger partial charge on any atom is 0.305 e. The number of aromatic hydroxyl groups is 1. The highest BCUT2D eigenvalue weighted by Gasteiger charge is 2.16. The van der Waals surface area contributed by atoms with E-state index in [0.717, 1.165) is 56.0 Å². The molecule has 10 heteroatoms. The molecule has 0 saturated heterocycles. The first-order valence-electron chi connectivity index (χ1n) is 12.2. The first kappa shape index (κ1) is 31.6. The molecule has 0 saturated carbocycles. The van der Waals surface area contributed by atoms with E-state index < -0.39 is 6.10 Å². The van der Waals surface area contributed by atoms with Crippen LogP contribution in [0.5, 0.6) is 11.5 Å². The predicted octanol–water partition coefficient (Wildman–Crippen LogP) is 4.39. The lowest BCUT2D eigenvalue weighted by Gasteiger charge is -2.14. The Morgan fingerprint density at radius 2 is 1.61 bits per heavy atom. The Morgan fingerprint density at radius 3 is 2.34 bits per heavy atom. The summed E-state index contributed by atoms with van der Waals surface area (Å²) in [6.45, 7) is 2.90. The van der Waals surface area contributed by atoms with Crippen molar-refractivity contribution >= 4 is 46.4 Å². The van der Waals surface area contributed by atoms with Crippen LogP contribution < -0.4 is 20.2 Å². The molecular weight excluding hydrogens is 545 g/mol. The van der Waals surface area contributed by atoms with Gasteiger partial charge in [0.2, 0.25) is 0 Å². The first-order chi connectivity index (χ1) is 17.5. The van der Waals surface area contributed by atoms with E-state index in [1.54, 1.807) is 13.2 Å². The molecule has 0 aliphatic carbocycles. The van der Waals surface area contributed by atoms with Crippen LogP contribution in [0, 0.1) is 0 Å². The van der Waals surface area contributed by atoms with Crippen LogP contribution in [-0.4, -0.2) is 48.5 Å². The number of thiazole rings is 1. The number of ether oxygens (including phenoxy) is 1. The van der Waals surface area contributed by atoms with Crippen molar-refractivity contribution in [1.82, 2.24) is 15.6 Å². The first-order valence-corrected chi connectivity index (χ1v) is 13.0. The number of rotatable bonds is 13. The van der Waals surface area contributed by atoms with Crippen LogP contribution in [0.1, 0.15) is 28.4 Å². The molecular formula is C28H35Cl2N3O4S. The number of hydrogen-bond donors (Lipinski definition) is 5. The minimum Gasteiger partial charge on any atom is -0.506 e. The van der Waals surface area contributed by atoms with Gasteiger partial charge in [0.05, 0.1) is 17.9 Å². The number of benzene rings is 3. The van der Waals surface area contributed by atoms with Crippen LogP contribution in [0.25, 0.3) is 10.2 Å². The number of fused-ring (bicyclic) bond motifs is 1. The molecule has 0 radical (unpaired) electrons. The lowest BCUT2D eigenvalue weighted by atomic mass is 10.1. The van der Waals surface area contributed by atoms with Crippen molar-refractivity contribution in [3.63, 3.8) is 0 Å². The number of hydrogen-bond acceptors (Lipinski definition) is 7.